The third-order valence-electron chi connectivity index (χ3n) is 16.6. The lowest BCUT2D eigenvalue weighted by Gasteiger charge is -2.26. The average Bonchev–Trinajstić information content (AvgIpc) is 2.60. The monoisotopic (exact) mass is 1340 g/mol. The Morgan fingerprint density at radius 1 is 0.360 bits per heavy atom. The molecule has 0 amide bonds. The maximum absolute atomic E-state index is 12.7. The first-order chi connectivity index (χ1) is 43.7. The zero-order valence-electron chi connectivity index (χ0n) is 57.1. The van der Waals surface area contributed by atoms with Crippen LogP contribution >= 0.6 is 27.3 Å². The van der Waals surface area contributed by atoms with E-state index in [-0.39, 0.29) is 5.97 Å². The summed E-state index contributed by atoms with van der Waals surface area (Å²) in [4.78, 5) is 55.8. The normalized spacial score (nSPS) is 11.4. The molecule has 0 aliphatic heterocycles. The SMILES string of the molecule is CCCCCCCCCCOC(=O)OCCCCCCN(CCCCCCOC(=O)CCCc1cc2cc(OC)c(Br)cc2s1)CCCN(CCCCCCOC(=O)OCCCCCCCCCC)CCCCCCOC(=O)OCCCCCCCCCC. The Balaban J connectivity index is 1.83. The van der Waals surface area contributed by atoms with Crippen molar-refractivity contribution in [3.8, 4) is 5.75 Å². The van der Waals surface area contributed by atoms with Gasteiger partial charge in [0.1, 0.15) is 5.75 Å². The molecule has 0 bridgehead atoms. The van der Waals surface area contributed by atoms with Gasteiger partial charge >= 0.3 is 24.4 Å². The van der Waals surface area contributed by atoms with E-state index >= 15 is 0 Å². The van der Waals surface area contributed by atoms with Crippen molar-refractivity contribution in [2.24, 2.45) is 0 Å². The molecule has 0 N–H and O–H groups in total. The molecule has 516 valence electrons. The fraction of sp³-hybridized carbons (Fsp3) is 0.836. The second kappa shape index (κ2) is 60.9. The summed E-state index contributed by atoms with van der Waals surface area (Å²) in [6.45, 7) is 15.9. The molecule has 2 rings (SSSR count). The van der Waals surface area contributed by atoms with Gasteiger partial charge in [0, 0.05) is 16.0 Å². The predicted molar refractivity (Wildman–Crippen MR) is 371 cm³/mol. The summed E-state index contributed by atoms with van der Waals surface area (Å²) in [5, 5.41) is 1.16. The van der Waals surface area contributed by atoms with Crippen molar-refractivity contribution in [3.63, 3.8) is 0 Å². The number of carbonyl (C=O) groups excluding carboxylic acids is 4. The van der Waals surface area contributed by atoms with Crippen LogP contribution in [0.3, 0.4) is 0 Å². The molecule has 0 radical (unpaired) electrons. The zero-order chi connectivity index (χ0) is 64.1. The van der Waals surface area contributed by atoms with Crippen LogP contribution in [0.2, 0.25) is 0 Å². The quantitative estimate of drug-likeness (QED) is 0.0351. The molecule has 0 saturated carbocycles. The van der Waals surface area contributed by atoms with Crippen LogP contribution in [-0.4, -0.2) is 127 Å². The predicted octanol–water partition coefficient (Wildman–Crippen LogP) is 21.7. The maximum atomic E-state index is 12.7. The molecule has 0 spiro atoms. The smallest absolute Gasteiger partial charge is 0.496 e. The van der Waals surface area contributed by atoms with E-state index in [0.29, 0.717) is 52.7 Å². The van der Waals surface area contributed by atoms with Gasteiger partial charge in [0.25, 0.3) is 0 Å². The number of aryl methyl sites for hydroxylation is 1. The fourth-order valence-corrected chi connectivity index (χ4v) is 12.9. The van der Waals surface area contributed by atoms with E-state index in [1.54, 1.807) is 18.4 Å². The lowest BCUT2D eigenvalue weighted by molar-refractivity contribution is -0.143. The summed E-state index contributed by atoms with van der Waals surface area (Å²) in [5.41, 5.74) is 0. The number of carbonyl (C=O) groups is 4. The molecule has 14 nitrogen and oxygen atoms in total. The van der Waals surface area contributed by atoms with Gasteiger partial charge in [-0.25, -0.2) is 14.4 Å². The van der Waals surface area contributed by atoms with E-state index in [1.807, 2.05) is 0 Å². The first kappa shape index (κ1) is 81.8. The zero-order valence-corrected chi connectivity index (χ0v) is 59.5. The largest absolute Gasteiger partial charge is 0.508 e. The van der Waals surface area contributed by atoms with E-state index < -0.39 is 18.5 Å². The minimum atomic E-state index is -0.540. The minimum absolute atomic E-state index is 0.114. The summed E-state index contributed by atoms with van der Waals surface area (Å²) in [7, 11) is 1.68. The summed E-state index contributed by atoms with van der Waals surface area (Å²) in [6.07, 6.45) is 46.6. The highest BCUT2D eigenvalue weighted by molar-refractivity contribution is 9.10. The number of rotatable bonds is 64. The molecular weight excluding hydrogens is 1210 g/mol. The van der Waals surface area contributed by atoms with Gasteiger partial charge in [0.05, 0.1) is 57.8 Å². The van der Waals surface area contributed by atoms with Crippen LogP contribution in [0.15, 0.2) is 22.7 Å². The molecule has 0 aliphatic rings. The van der Waals surface area contributed by atoms with Gasteiger partial charge in [-0.15, -0.1) is 11.3 Å². The van der Waals surface area contributed by atoms with Gasteiger partial charge in [0.2, 0.25) is 0 Å². The van der Waals surface area contributed by atoms with Crippen molar-refractivity contribution in [3.05, 3.63) is 27.5 Å². The molecular formula is C73H129BrN2O12S. The summed E-state index contributed by atoms with van der Waals surface area (Å²) >= 11 is 5.35. The summed E-state index contributed by atoms with van der Waals surface area (Å²) < 4.78 is 45.5. The highest BCUT2D eigenvalue weighted by Gasteiger charge is 2.13. The Hall–Kier alpha value is -3.34. The van der Waals surface area contributed by atoms with Crippen molar-refractivity contribution >= 4 is 61.8 Å². The number of benzene rings is 1. The van der Waals surface area contributed by atoms with Crippen LogP contribution in [0.4, 0.5) is 14.4 Å². The first-order valence-electron chi connectivity index (χ1n) is 36.4. The van der Waals surface area contributed by atoms with Crippen LogP contribution in [0, 0.1) is 0 Å². The second-order valence-electron chi connectivity index (χ2n) is 24.8. The van der Waals surface area contributed by atoms with Crippen LogP contribution in [0.5, 0.6) is 5.75 Å². The maximum Gasteiger partial charge on any atom is 0.508 e. The number of esters is 1. The Morgan fingerprint density at radius 2 is 0.652 bits per heavy atom. The molecule has 0 atom stereocenters. The van der Waals surface area contributed by atoms with Crippen molar-refractivity contribution in [1.82, 2.24) is 9.80 Å². The van der Waals surface area contributed by atoms with Gasteiger partial charge in [-0.3, -0.25) is 4.79 Å². The van der Waals surface area contributed by atoms with Gasteiger partial charge in [-0.2, -0.15) is 0 Å². The molecule has 0 saturated heterocycles. The molecule has 1 aromatic carbocycles. The lowest BCUT2D eigenvalue weighted by Crippen LogP contribution is -2.32. The van der Waals surface area contributed by atoms with Crippen molar-refractivity contribution in [2.45, 2.75) is 303 Å². The molecule has 1 heterocycles. The highest BCUT2D eigenvalue weighted by Crippen LogP contribution is 2.35. The van der Waals surface area contributed by atoms with E-state index in [9.17, 15) is 19.2 Å². The number of methoxy groups -OCH3 is 1. The van der Waals surface area contributed by atoms with E-state index in [1.165, 1.54) is 125 Å². The van der Waals surface area contributed by atoms with E-state index in [4.69, 9.17) is 37.9 Å². The highest BCUT2D eigenvalue weighted by atomic mass is 79.9. The van der Waals surface area contributed by atoms with Crippen LogP contribution in [0.25, 0.3) is 10.1 Å². The molecule has 0 fully saturated rings. The molecule has 2 aromatic rings. The number of thiophene rings is 1. The van der Waals surface area contributed by atoms with Crippen molar-refractivity contribution < 1.29 is 57.1 Å². The topological polar surface area (TPSA) is 149 Å². The average molecular weight is 1340 g/mol. The fourth-order valence-electron chi connectivity index (χ4n) is 11.2. The first-order valence-corrected chi connectivity index (χ1v) is 38.0. The number of hydrogen-bond acceptors (Lipinski definition) is 15. The van der Waals surface area contributed by atoms with Crippen molar-refractivity contribution in [2.75, 3.05) is 92.6 Å². The van der Waals surface area contributed by atoms with Gasteiger partial charge in [-0.1, -0.05) is 207 Å². The van der Waals surface area contributed by atoms with Crippen molar-refractivity contribution in [1.29, 1.82) is 0 Å². The Labute approximate surface area is 554 Å². The van der Waals surface area contributed by atoms with Gasteiger partial charge in [0.15, 0.2) is 0 Å². The molecule has 0 unspecified atom stereocenters. The standard InChI is InChI=1S/C73H129BrN2O12S/c1-5-8-11-14-17-20-27-39-56-83-71(78)86-59-42-31-24-35-50-75(49-34-23-30-38-55-82-70(77)48-45-47-66-62-65-63-68(81-4)67(74)64-69(65)89-66)53-46-54-76(51-36-25-32-43-60-87-72(79)84-57-40-28-21-18-15-12-9-6-2)52-37-26-33-44-61-88-73(80)85-58-41-29-22-19-16-13-10-7-3/h62-64H,5-61H2,1-4H3. The number of halogens is 1. The lowest BCUT2D eigenvalue weighted by atomic mass is 10.1. The van der Waals surface area contributed by atoms with Crippen LogP contribution < -0.4 is 4.74 Å². The third kappa shape index (κ3) is 49.9. The number of nitrogens with zero attached hydrogens (tertiary/aromatic N) is 2. The van der Waals surface area contributed by atoms with Gasteiger partial charge < -0.3 is 47.7 Å². The Kier molecular flexibility index (Phi) is 55.9. The second-order valence-corrected chi connectivity index (χ2v) is 26.8. The number of hydrogen-bond donors (Lipinski definition) is 0. The molecule has 1 aromatic heterocycles. The summed E-state index contributed by atoms with van der Waals surface area (Å²) in [5.74, 6) is 0.708. The van der Waals surface area contributed by atoms with E-state index in [0.717, 1.165) is 215 Å². The van der Waals surface area contributed by atoms with E-state index in [2.05, 4.69) is 64.7 Å². The Morgan fingerprint density at radius 3 is 0.978 bits per heavy atom. The minimum Gasteiger partial charge on any atom is -0.496 e. The van der Waals surface area contributed by atoms with Crippen LogP contribution in [0.1, 0.15) is 302 Å². The molecule has 89 heavy (non-hydrogen) atoms. The van der Waals surface area contributed by atoms with Gasteiger partial charge in [-0.05, 0) is 169 Å². The Bertz CT molecular complexity index is 1930. The number of unbranched alkanes of at least 4 members (excludes halogenated alkanes) is 33. The number of fused-ring (bicyclic) bond motifs is 1. The summed E-state index contributed by atoms with van der Waals surface area (Å²) in [6, 6.07) is 6.35. The third-order valence-corrected chi connectivity index (χ3v) is 18.4. The molecule has 0 aliphatic carbocycles. The van der Waals surface area contributed by atoms with Crippen LogP contribution in [-0.2, 0) is 44.4 Å². The number of ether oxygens (including phenoxy) is 8. The molecule has 16 heteroatoms.